The molecule has 8 nitrogen and oxygen atoms in total. The summed E-state index contributed by atoms with van der Waals surface area (Å²) in [6, 6.07) is 2.94. The van der Waals surface area contributed by atoms with Gasteiger partial charge >= 0.3 is 11.9 Å². The number of hydrogen-bond donors (Lipinski definition) is 3. The summed E-state index contributed by atoms with van der Waals surface area (Å²) < 4.78 is 15.5. The van der Waals surface area contributed by atoms with Crippen molar-refractivity contribution in [2.45, 2.75) is 38.4 Å². The number of esters is 1. The van der Waals surface area contributed by atoms with E-state index in [2.05, 4.69) is 5.32 Å². The van der Waals surface area contributed by atoms with E-state index in [9.17, 15) is 14.7 Å². The Morgan fingerprint density at radius 3 is 2.60 bits per heavy atom. The van der Waals surface area contributed by atoms with Gasteiger partial charge in [0.2, 0.25) is 6.79 Å². The van der Waals surface area contributed by atoms with Crippen molar-refractivity contribution in [3.63, 3.8) is 0 Å². The van der Waals surface area contributed by atoms with Crippen LogP contribution in [0.3, 0.4) is 0 Å². The van der Waals surface area contributed by atoms with Gasteiger partial charge in [-0.05, 0) is 30.0 Å². The van der Waals surface area contributed by atoms with Crippen molar-refractivity contribution in [3.05, 3.63) is 23.8 Å². The van der Waals surface area contributed by atoms with Crippen LogP contribution in [0.5, 0.6) is 11.5 Å². The Labute approximate surface area is 146 Å². The first kappa shape index (κ1) is 19.0. The molecule has 2 rings (SSSR count). The lowest BCUT2D eigenvalue weighted by atomic mass is 9.94. The van der Waals surface area contributed by atoms with Gasteiger partial charge in [0, 0.05) is 6.04 Å². The van der Waals surface area contributed by atoms with Crippen LogP contribution in [-0.4, -0.2) is 49.1 Å². The molecule has 2 unspecified atom stereocenters. The predicted octanol–water partition coefficient (Wildman–Crippen LogP) is 0.526. The molecule has 1 aliphatic rings. The molecule has 3 atom stereocenters. The Balaban J connectivity index is 2.18. The lowest BCUT2D eigenvalue weighted by molar-refractivity contribution is -0.145. The number of nitrogens with one attached hydrogen (secondary N) is 1. The SMILES string of the molecule is COC(=O)C(Cc1ccc2c(c1)OCO2)NC(C(C)C)[C@H](N)C(=O)O. The summed E-state index contributed by atoms with van der Waals surface area (Å²) in [4.78, 5) is 23.4. The van der Waals surface area contributed by atoms with Crippen molar-refractivity contribution < 1.29 is 28.9 Å². The quantitative estimate of drug-likeness (QED) is 0.579. The van der Waals surface area contributed by atoms with E-state index in [-0.39, 0.29) is 12.7 Å². The highest BCUT2D eigenvalue weighted by Gasteiger charge is 2.32. The van der Waals surface area contributed by atoms with Crippen LogP contribution in [0.2, 0.25) is 0 Å². The van der Waals surface area contributed by atoms with Gasteiger partial charge in [0.15, 0.2) is 11.5 Å². The second kappa shape index (κ2) is 8.17. The summed E-state index contributed by atoms with van der Waals surface area (Å²) in [5.74, 6) is -0.433. The average Bonchev–Trinajstić information content (AvgIpc) is 3.04. The Morgan fingerprint density at radius 1 is 1.32 bits per heavy atom. The number of carboxylic acids is 1. The lowest BCUT2D eigenvalue weighted by Gasteiger charge is -2.29. The van der Waals surface area contributed by atoms with Gasteiger partial charge in [-0.25, -0.2) is 0 Å². The molecule has 0 aliphatic carbocycles. The van der Waals surface area contributed by atoms with E-state index in [4.69, 9.17) is 19.9 Å². The molecule has 0 aromatic heterocycles. The van der Waals surface area contributed by atoms with Gasteiger partial charge in [0.1, 0.15) is 12.1 Å². The minimum absolute atomic E-state index is 0.0880. The van der Waals surface area contributed by atoms with E-state index >= 15 is 0 Å². The highest BCUT2D eigenvalue weighted by Crippen LogP contribution is 2.32. The molecule has 1 aromatic carbocycles. The summed E-state index contributed by atoms with van der Waals surface area (Å²) >= 11 is 0. The fourth-order valence-electron chi connectivity index (χ4n) is 2.75. The van der Waals surface area contributed by atoms with Gasteiger partial charge in [-0.3, -0.25) is 14.9 Å². The maximum Gasteiger partial charge on any atom is 0.323 e. The number of carbonyl (C=O) groups is 2. The molecule has 1 aromatic rings. The summed E-state index contributed by atoms with van der Waals surface area (Å²) in [7, 11) is 1.29. The number of nitrogens with two attached hydrogens (primary N) is 1. The van der Waals surface area contributed by atoms with Crippen LogP contribution in [-0.2, 0) is 20.7 Å². The number of carbonyl (C=O) groups excluding carboxylic acids is 1. The number of rotatable bonds is 8. The zero-order chi connectivity index (χ0) is 18.6. The smallest absolute Gasteiger partial charge is 0.323 e. The zero-order valence-electron chi connectivity index (χ0n) is 14.5. The maximum absolute atomic E-state index is 12.2. The van der Waals surface area contributed by atoms with Crippen LogP contribution in [0, 0.1) is 5.92 Å². The zero-order valence-corrected chi connectivity index (χ0v) is 14.5. The second-order valence-electron chi connectivity index (χ2n) is 6.27. The number of fused-ring (bicyclic) bond motifs is 1. The first-order valence-corrected chi connectivity index (χ1v) is 8.04. The van der Waals surface area contributed by atoms with Crippen molar-refractivity contribution in [3.8, 4) is 11.5 Å². The minimum atomic E-state index is -1.14. The number of aliphatic carboxylic acids is 1. The normalized spacial score (nSPS) is 16.4. The van der Waals surface area contributed by atoms with Crippen LogP contribution in [0.1, 0.15) is 19.4 Å². The average molecular weight is 352 g/mol. The molecule has 8 heteroatoms. The molecule has 1 aliphatic heterocycles. The summed E-state index contributed by atoms with van der Waals surface area (Å²) in [6.45, 7) is 3.85. The first-order valence-electron chi connectivity index (χ1n) is 8.04. The van der Waals surface area contributed by atoms with E-state index < -0.39 is 30.1 Å². The van der Waals surface area contributed by atoms with Crippen LogP contribution in [0.4, 0.5) is 0 Å². The molecule has 0 saturated carbocycles. The fourth-order valence-corrected chi connectivity index (χ4v) is 2.75. The molecule has 0 amide bonds. The van der Waals surface area contributed by atoms with Crippen LogP contribution in [0.25, 0.3) is 0 Å². The summed E-state index contributed by atoms with van der Waals surface area (Å²) in [5.41, 5.74) is 6.60. The number of methoxy groups -OCH3 is 1. The number of hydrogen-bond acceptors (Lipinski definition) is 7. The van der Waals surface area contributed by atoms with E-state index in [1.165, 1.54) is 7.11 Å². The van der Waals surface area contributed by atoms with Crippen molar-refractivity contribution in [2.75, 3.05) is 13.9 Å². The standard InChI is InChI=1S/C17H24N2O6/c1-9(2)15(14(18)16(20)21)19-11(17(22)23-3)6-10-4-5-12-13(7-10)25-8-24-12/h4-5,7,9,11,14-15,19H,6,8,18H2,1-3H3,(H,20,21)/t11?,14-,15?/m0/s1. The Morgan fingerprint density at radius 2 is 2.00 bits per heavy atom. The molecule has 0 fully saturated rings. The van der Waals surface area contributed by atoms with E-state index in [0.29, 0.717) is 17.9 Å². The summed E-state index contributed by atoms with van der Waals surface area (Å²) in [5, 5.41) is 12.2. The fraction of sp³-hybridized carbons (Fsp3) is 0.529. The van der Waals surface area contributed by atoms with Crippen molar-refractivity contribution in [1.29, 1.82) is 0 Å². The van der Waals surface area contributed by atoms with E-state index in [0.717, 1.165) is 5.56 Å². The number of ether oxygens (including phenoxy) is 3. The van der Waals surface area contributed by atoms with Gasteiger partial charge in [-0.15, -0.1) is 0 Å². The molecule has 0 radical (unpaired) electrons. The van der Waals surface area contributed by atoms with Crippen LogP contribution in [0.15, 0.2) is 18.2 Å². The van der Waals surface area contributed by atoms with Gasteiger partial charge in [0.05, 0.1) is 7.11 Å². The number of benzene rings is 1. The molecule has 0 saturated heterocycles. The van der Waals surface area contributed by atoms with Gasteiger partial charge in [-0.1, -0.05) is 19.9 Å². The molecule has 0 spiro atoms. The van der Waals surface area contributed by atoms with Gasteiger partial charge in [-0.2, -0.15) is 0 Å². The highest BCUT2D eigenvalue weighted by molar-refractivity contribution is 5.77. The third-order valence-corrected chi connectivity index (χ3v) is 4.15. The largest absolute Gasteiger partial charge is 0.480 e. The maximum atomic E-state index is 12.2. The topological polar surface area (TPSA) is 120 Å². The molecular formula is C17H24N2O6. The van der Waals surface area contributed by atoms with Crippen LogP contribution < -0.4 is 20.5 Å². The van der Waals surface area contributed by atoms with Crippen molar-refractivity contribution in [1.82, 2.24) is 5.32 Å². The van der Waals surface area contributed by atoms with Gasteiger partial charge in [0.25, 0.3) is 0 Å². The molecule has 0 bridgehead atoms. The monoisotopic (exact) mass is 352 g/mol. The molecule has 4 N–H and O–H groups in total. The lowest BCUT2D eigenvalue weighted by Crippen LogP contribution is -2.57. The van der Waals surface area contributed by atoms with Crippen LogP contribution >= 0.6 is 0 Å². The minimum Gasteiger partial charge on any atom is -0.480 e. The third kappa shape index (κ3) is 4.61. The first-order chi connectivity index (χ1) is 11.8. The molecular weight excluding hydrogens is 328 g/mol. The highest BCUT2D eigenvalue weighted by atomic mass is 16.7. The second-order valence-corrected chi connectivity index (χ2v) is 6.27. The van der Waals surface area contributed by atoms with E-state index in [1.54, 1.807) is 12.1 Å². The summed E-state index contributed by atoms with van der Waals surface area (Å²) in [6.07, 6.45) is 0.304. The molecule has 1 heterocycles. The third-order valence-electron chi connectivity index (χ3n) is 4.15. The Kier molecular flexibility index (Phi) is 6.22. The predicted molar refractivity (Wildman–Crippen MR) is 89.4 cm³/mol. The molecule has 25 heavy (non-hydrogen) atoms. The molecule has 138 valence electrons. The Hall–Kier alpha value is -2.32. The van der Waals surface area contributed by atoms with Crippen molar-refractivity contribution >= 4 is 11.9 Å². The van der Waals surface area contributed by atoms with Crippen molar-refractivity contribution in [2.24, 2.45) is 11.7 Å². The van der Waals surface area contributed by atoms with Gasteiger partial charge < -0.3 is 25.1 Å². The van der Waals surface area contributed by atoms with E-state index in [1.807, 2.05) is 19.9 Å². The number of carboxylic acid groups (broad SMARTS) is 1. The Bertz CT molecular complexity index is 634.